The molecule has 0 saturated heterocycles. The highest BCUT2D eigenvalue weighted by molar-refractivity contribution is 7.89. The summed E-state index contributed by atoms with van der Waals surface area (Å²) < 4.78 is 34.8. The van der Waals surface area contributed by atoms with Crippen LogP contribution in [0, 0.1) is 13.8 Å². The van der Waals surface area contributed by atoms with E-state index in [4.69, 9.17) is 4.74 Å². The number of para-hydroxylation sites is 1. The summed E-state index contributed by atoms with van der Waals surface area (Å²) in [5, 5.41) is 0. The van der Waals surface area contributed by atoms with Crippen molar-refractivity contribution < 1.29 is 27.5 Å². The van der Waals surface area contributed by atoms with Crippen molar-refractivity contribution in [2.45, 2.75) is 18.7 Å². The molecule has 9 heteroatoms. The van der Waals surface area contributed by atoms with Crippen LogP contribution in [0.5, 0.6) is 5.75 Å². The summed E-state index contributed by atoms with van der Waals surface area (Å²) in [6.07, 6.45) is 0. The number of nitrogens with one attached hydrogen (secondary N) is 2. The van der Waals surface area contributed by atoms with Gasteiger partial charge >= 0.3 is 5.97 Å². The molecule has 0 aromatic heterocycles. The third-order valence-corrected chi connectivity index (χ3v) is 4.97. The minimum atomic E-state index is -4.18. The zero-order valence-electron chi connectivity index (χ0n) is 15.1. The predicted molar refractivity (Wildman–Crippen MR) is 97.7 cm³/mol. The van der Waals surface area contributed by atoms with E-state index in [0.717, 1.165) is 18.2 Å². The predicted octanol–water partition coefficient (Wildman–Crippen LogP) is 1.48. The summed E-state index contributed by atoms with van der Waals surface area (Å²) in [5.41, 5.74) is 3.63. The third-order valence-electron chi connectivity index (χ3n) is 3.66. The molecule has 0 fully saturated rings. The maximum Gasteiger partial charge on any atom is 0.339 e. The second-order valence-corrected chi connectivity index (χ2v) is 7.30. The first-order valence-corrected chi connectivity index (χ1v) is 9.41. The van der Waals surface area contributed by atoms with Crippen molar-refractivity contribution in [3.05, 3.63) is 59.2 Å². The van der Waals surface area contributed by atoms with Crippen LogP contribution >= 0.6 is 0 Å². The quantitative estimate of drug-likeness (QED) is 0.545. The van der Waals surface area contributed by atoms with E-state index in [9.17, 15) is 18.0 Å². The summed E-state index contributed by atoms with van der Waals surface area (Å²) in [6, 6.07) is 11.0. The number of benzene rings is 2. The van der Waals surface area contributed by atoms with E-state index in [1.165, 1.54) is 24.3 Å². The SMILES string of the molecule is COC(=O)c1ccccc1S(=O)(=O)NNC(=O)COc1c(C)cccc1C. The number of hydrogen-bond acceptors (Lipinski definition) is 6. The molecule has 2 aromatic rings. The molecule has 0 atom stereocenters. The van der Waals surface area contributed by atoms with Crippen molar-refractivity contribution >= 4 is 21.9 Å². The van der Waals surface area contributed by atoms with Crippen LogP contribution in [-0.4, -0.2) is 34.0 Å². The van der Waals surface area contributed by atoms with Crippen LogP contribution in [0.25, 0.3) is 0 Å². The van der Waals surface area contributed by atoms with Crippen molar-refractivity contribution in [1.82, 2.24) is 10.3 Å². The molecule has 0 saturated carbocycles. The van der Waals surface area contributed by atoms with Gasteiger partial charge in [-0.3, -0.25) is 10.2 Å². The fourth-order valence-electron chi connectivity index (χ4n) is 2.36. The Morgan fingerprint density at radius 3 is 2.26 bits per heavy atom. The van der Waals surface area contributed by atoms with Gasteiger partial charge in [-0.25, -0.2) is 13.2 Å². The van der Waals surface area contributed by atoms with Crippen molar-refractivity contribution in [3.63, 3.8) is 0 Å². The lowest BCUT2D eigenvalue weighted by molar-refractivity contribution is -0.123. The molecule has 0 spiro atoms. The molecule has 0 aliphatic heterocycles. The number of hydrogen-bond donors (Lipinski definition) is 2. The fraction of sp³-hybridized carbons (Fsp3) is 0.222. The Morgan fingerprint density at radius 1 is 1.00 bits per heavy atom. The van der Waals surface area contributed by atoms with Gasteiger partial charge in [0.25, 0.3) is 15.9 Å². The van der Waals surface area contributed by atoms with Gasteiger partial charge in [-0.2, -0.15) is 0 Å². The number of carbonyl (C=O) groups is 2. The Balaban J connectivity index is 2.03. The molecule has 0 heterocycles. The number of esters is 1. The lowest BCUT2D eigenvalue weighted by Gasteiger charge is -2.13. The molecule has 0 bridgehead atoms. The first-order chi connectivity index (χ1) is 12.8. The smallest absolute Gasteiger partial charge is 0.339 e. The number of hydrazine groups is 1. The first-order valence-electron chi connectivity index (χ1n) is 7.93. The molecule has 2 rings (SSSR count). The highest BCUT2D eigenvalue weighted by Gasteiger charge is 2.23. The number of rotatable bonds is 7. The van der Waals surface area contributed by atoms with Crippen LogP contribution < -0.4 is 15.0 Å². The van der Waals surface area contributed by atoms with Crippen LogP contribution in [0.4, 0.5) is 0 Å². The molecule has 0 unspecified atom stereocenters. The Kier molecular flexibility index (Phi) is 6.54. The molecular formula is C18H20N2O6S. The summed E-state index contributed by atoms with van der Waals surface area (Å²) in [4.78, 5) is 25.3. The van der Waals surface area contributed by atoms with E-state index in [0.29, 0.717) is 5.75 Å². The van der Waals surface area contributed by atoms with Crippen LogP contribution in [0.3, 0.4) is 0 Å². The highest BCUT2D eigenvalue weighted by Crippen LogP contribution is 2.22. The minimum absolute atomic E-state index is 0.145. The zero-order valence-corrected chi connectivity index (χ0v) is 15.9. The van der Waals surface area contributed by atoms with Gasteiger partial charge in [0, 0.05) is 0 Å². The fourth-order valence-corrected chi connectivity index (χ4v) is 3.42. The number of amides is 1. The molecule has 0 radical (unpaired) electrons. The van der Waals surface area contributed by atoms with Gasteiger partial charge in [-0.15, -0.1) is 4.83 Å². The number of ether oxygens (including phenoxy) is 2. The van der Waals surface area contributed by atoms with Gasteiger partial charge < -0.3 is 9.47 Å². The van der Waals surface area contributed by atoms with E-state index in [1.807, 2.05) is 36.9 Å². The molecular weight excluding hydrogens is 372 g/mol. The van der Waals surface area contributed by atoms with Gasteiger partial charge in [0.05, 0.1) is 17.6 Å². The molecule has 1 amide bonds. The van der Waals surface area contributed by atoms with E-state index >= 15 is 0 Å². The Hall–Kier alpha value is -2.91. The van der Waals surface area contributed by atoms with Crippen LogP contribution in [0.15, 0.2) is 47.4 Å². The zero-order chi connectivity index (χ0) is 20.0. The molecule has 0 aliphatic carbocycles. The van der Waals surface area contributed by atoms with Crippen molar-refractivity contribution in [1.29, 1.82) is 0 Å². The normalized spacial score (nSPS) is 10.9. The number of aryl methyl sites for hydroxylation is 2. The van der Waals surface area contributed by atoms with Crippen molar-refractivity contribution in [2.24, 2.45) is 0 Å². The van der Waals surface area contributed by atoms with E-state index in [2.05, 4.69) is 10.2 Å². The lowest BCUT2D eigenvalue weighted by atomic mass is 10.1. The van der Waals surface area contributed by atoms with E-state index in [-0.39, 0.29) is 17.1 Å². The van der Waals surface area contributed by atoms with E-state index in [1.54, 1.807) is 0 Å². The summed E-state index contributed by atoms with van der Waals surface area (Å²) in [5.74, 6) is -0.941. The Morgan fingerprint density at radius 2 is 1.63 bits per heavy atom. The van der Waals surface area contributed by atoms with Gasteiger partial charge in [-0.05, 0) is 37.1 Å². The van der Waals surface area contributed by atoms with Gasteiger partial charge in [0.15, 0.2) is 6.61 Å². The Bertz CT molecular complexity index is 936. The lowest BCUT2D eigenvalue weighted by Crippen LogP contribution is -2.44. The van der Waals surface area contributed by atoms with Crippen molar-refractivity contribution in [3.8, 4) is 5.75 Å². The average molecular weight is 392 g/mol. The molecule has 0 aliphatic rings. The minimum Gasteiger partial charge on any atom is -0.483 e. The molecule has 8 nitrogen and oxygen atoms in total. The maximum atomic E-state index is 12.4. The average Bonchev–Trinajstić information content (AvgIpc) is 2.65. The van der Waals surface area contributed by atoms with Crippen molar-refractivity contribution in [2.75, 3.05) is 13.7 Å². The standard InChI is InChI=1S/C18H20N2O6S/c1-12-7-6-8-13(2)17(12)26-11-16(21)19-20-27(23,24)15-10-5-4-9-14(15)18(22)25-3/h4-10,20H,11H2,1-3H3,(H,19,21). The number of sulfonamides is 1. The van der Waals surface area contributed by atoms with Gasteiger partial charge in [-0.1, -0.05) is 30.3 Å². The van der Waals surface area contributed by atoms with Crippen LogP contribution in [-0.2, 0) is 19.6 Å². The molecule has 27 heavy (non-hydrogen) atoms. The molecule has 2 aromatic carbocycles. The van der Waals surface area contributed by atoms with Crippen LogP contribution in [0.2, 0.25) is 0 Å². The summed E-state index contributed by atoms with van der Waals surface area (Å²) in [6.45, 7) is 3.30. The summed E-state index contributed by atoms with van der Waals surface area (Å²) >= 11 is 0. The van der Waals surface area contributed by atoms with E-state index < -0.39 is 21.9 Å². The maximum absolute atomic E-state index is 12.4. The summed E-state index contributed by atoms with van der Waals surface area (Å²) in [7, 11) is -3.03. The second kappa shape index (κ2) is 8.65. The first kappa shape index (κ1) is 20.4. The van der Waals surface area contributed by atoms with Gasteiger partial charge in [0.1, 0.15) is 5.75 Å². The largest absolute Gasteiger partial charge is 0.483 e. The highest BCUT2D eigenvalue weighted by atomic mass is 32.2. The molecule has 144 valence electrons. The number of methoxy groups -OCH3 is 1. The number of carbonyl (C=O) groups excluding carboxylic acids is 2. The monoisotopic (exact) mass is 392 g/mol. The topological polar surface area (TPSA) is 111 Å². The second-order valence-electron chi connectivity index (χ2n) is 5.65. The molecule has 2 N–H and O–H groups in total. The Labute approximate surface area is 157 Å². The van der Waals surface area contributed by atoms with Crippen LogP contribution in [0.1, 0.15) is 21.5 Å². The van der Waals surface area contributed by atoms with Gasteiger partial charge in [0.2, 0.25) is 0 Å². The third kappa shape index (κ3) is 5.05.